The lowest BCUT2D eigenvalue weighted by Gasteiger charge is -2.49. The van der Waals surface area contributed by atoms with Gasteiger partial charge in [-0.1, -0.05) is 181 Å². The van der Waals surface area contributed by atoms with Crippen LogP contribution in [0.15, 0.2) is 185 Å². The van der Waals surface area contributed by atoms with Gasteiger partial charge in [0, 0.05) is 26.7 Å². The number of rotatable bonds is 7. The number of halogens is 2. The topological polar surface area (TPSA) is 40.3 Å². The van der Waals surface area contributed by atoms with Crippen molar-refractivity contribution < 1.29 is 0 Å². The quantitative estimate of drug-likeness (QED) is 0.168. The van der Waals surface area contributed by atoms with E-state index in [2.05, 4.69) is 89.8 Å². The SMILES string of the molecule is Clc1ccccc1C1N=C(c2ccccc2)C(c2ccccc2)(c2ccccc2)N1C1(c2ccccc2Cl)N=CC(c2ccccc2)=N1. The van der Waals surface area contributed by atoms with Gasteiger partial charge in [0.2, 0.25) is 5.79 Å². The smallest absolute Gasteiger partial charge is 0.239 e. The highest BCUT2D eigenvalue weighted by atomic mass is 35.5. The van der Waals surface area contributed by atoms with Crippen LogP contribution in [0.2, 0.25) is 10.0 Å². The summed E-state index contributed by atoms with van der Waals surface area (Å²) in [5.41, 5.74) is 6.13. The van der Waals surface area contributed by atoms with E-state index < -0.39 is 17.5 Å². The normalized spacial score (nSPS) is 20.0. The van der Waals surface area contributed by atoms with Crippen molar-refractivity contribution in [3.63, 3.8) is 0 Å². The molecule has 2 atom stereocenters. The van der Waals surface area contributed by atoms with Crippen molar-refractivity contribution in [3.05, 3.63) is 213 Å². The molecule has 0 saturated heterocycles. The van der Waals surface area contributed by atoms with Gasteiger partial charge in [-0.05, 0) is 28.8 Å². The molecule has 0 spiro atoms. The second kappa shape index (κ2) is 12.5. The molecule has 2 aliphatic heterocycles. The molecular formula is C42H30Cl2N4. The third kappa shape index (κ3) is 4.84. The molecule has 48 heavy (non-hydrogen) atoms. The molecule has 0 aromatic heterocycles. The van der Waals surface area contributed by atoms with Crippen LogP contribution in [0.4, 0.5) is 0 Å². The van der Waals surface area contributed by atoms with E-state index in [-0.39, 0.29) is 0 Å². The Balaban J connectivity index is 1.55. The maximum atomic E-state index is 7.20. The van der Waals surface area contributed by atoms with Crippen LogP contribution >= 0.6 is 23.2 Å². The summed E-state index contributed by atoms with van der Waals surface area (Å²) < 4.78 is 0. The van der Waals surface area contributed by atoms with Crippen molar-refractivity contribution in [1.82, 2.24) is 4.90 Å². The zero-order valence-electron chi connectivity index (χ0n) is 25.9. The fraction of sp³-hybridized carbons (Fsp3) is 0.0714. The molecule has 2 aliphatic rings. The summed E-state index contributed by atoms with van der Waals surface area (Å²) in [7, 11) is 0. The third-order valence-electron chi connectivity index (χ3n) is 9.10. The fourth-order valence-corrected chi connectivity index (χ4v) is 7.55. The van der Waals surface area contributed by atoms with Crippen LogP contribution in [-0.4, -0.2) is 22.5 Å². The summed E-state index contributed by atoms with van der Waals surface area (Å²) in [6, 6.07) is 57.2. The minimum absolute atomic E-state index is 0.550. The van der Waals surface area contributed by atoms with Crippen LogP contribution in [0.25, 0.3) is 0 Å². The fourth-order valence-electron chi connectivity index (χ4n) is 7.06. The second-order valence-corrected chi connectivity index (χ2v) is 12.6. The van der Waals surface area contributed by atoms with E-state index in [9.17, 15) is 0 Å². The highest BCUT2D eigenvalue weighted by Crippen LogP contribution is 2.58. The van der Waals surface area contributed by atoms with Crippen LogP contribution in [0, 0.1) is 0 Å². The lowest BCUT2D eigenvalue weighted by atomic mass is 9.74. The summed E-state index contributed by atoms with van der Waals surface area (Å²) in [6.45, 7) is 0. The minimum atomic E-state index is -1.36. The number of hydrogen-bond donors (Lipinski definition) is 0. The van der Waals surface area contributed by atoms with E-state index in [0.717, 1.165) is 44.8 Å². The first-order valence-electron chi connectivity index (χ1n) is 15.9. The molecule has 2 unspecified atom stereocenters. The van der Waals surface area contributed by atoms with Crippen molar-refractivity contribution in [1.29, 1.82) is 0 Å². The summed E-state index contributed by atoms with van der Waals surface area (Å²) in [6.07, 6.45) is 1.24. The van der Waals surface area contributed by atoms with Crippen LogP contribution in [0.3, 0.4) is 0 Å². The Morgan fingerprint density at radius 2 is 1.02 bits per heavy atom. The van der Waals surface area contributed by atoms with Crippen LogP contribution < -0.4 is 0 Å². The Kier molecular flexibility index (Phi) is 7.85. The lowest BCUT2D eigenvalue weighted by Crippen LogP contribution is -2.57. The molecule has 8 rings (SSSR count). The van der Waals surface area contributed by atoms with Crippen molar-refractivity contribution in [2.24, 2.45) is 15.0 Å². The number of hydrogen-bond acceptors (Lipinski definition) is 4. The molecule has 0 N–H and O–H groups in total. The maximum Gasteiger partial charge on any atom is 0.239 e. The van der Waals surface area contributed by atoms with Crippen LogP contribution in [0.1, 0.15) is 39.5 Å². The van der Waals surface area contributed by atoms with Crippen LogP contribution in [-0.2, 0) is 11.3 Å². The molecule has 232 valence electrons. The van der Waals surface area contributed by atoms with Gasteiger partial charge < -0.3 is 0 Å². The Labute approximate surface area is 290 Å². The van der Waals surface area contributed by atoms with E-state index in [4.69, 9.17) is 38.2 Å². The monoisotopic (exact) mass is 660 g/mol. The van der Waals surface area contributed by atoms with E-state index >= 15 is 0 Å². The van der Waals surface area contributed by atoms with Gasteiger partial charge in [-0.2, -0.15) is 0 Å². The zero-order valence-corrected chi connectivity index (χ0v) is 27.4. The van der Waals surface area contributed by atoms with Crippen molar-refractivity contribution in [2.45, 2.75) is 17.5 Å². The van der Waals surface area contributed by atoms with Gasteiger partial charge in [0.25, 0.3) is 0 Å². The van der Waals surface area contributed by atoms with E-state index in [1.807, 2.05) is 91.1 Å². The molecule has 2 heterocycles. The van der Waals surface area contributed by atoms with Gasteiger partial charge in [-0.25, -0.2) is 14.9 Å². The van der Waals surface area contributed by atoms with Gasteiger partial charge in [0.05, 0.1) is 17.6 Å². The Morgan fingerprint density at radius 3 is 1.60 bits per heavy atom. The second-order valence-electron chi connectivity index (χ2n) is 11.8. The first kappa shape index (κ1) is 30.2. The highest BCUT2D eigenvalue weighted by Gasteiger charge is 2.62. The van der Waals surface area contributed by atoms with Crippen LogP contribution in [0.5, 0.6) is 0 Å². The molecule has 6 aromatic rings. The Bertz CT molecular complexity index is 2130. The summed E-state index contributed by atoms with van der Waals surface area (Å²) in [4.78, 5) is 19.0. The summed E-state index contributed by atoms with van der Waals surface area (Å²) in [5.74, 6) is -1.36. The third-order valence-corrected chi connectivity index (χ3v) is 9.77. The molecular weight excluding hydrogens is 631 g/mol. The first-order chi connectivity index (χ1) is 23.6. The minimum Gasteiger partial charge on any atom is -0.262 e. The summed E-state index contributed by atoms with van der Waals surface area (Å²) in [5, 5.41) is 1.15. The average molecular weight is 662 g/mol. The standard InChI is InChI=1S/C42H30Cl2N4/c43-36-27-15-13-25-34(36)40-46-39(31-19-7-2-8-20-31)41(32-21-9-3-10-22-32,33-23-11-4-12-24-33)48(40)42(35-26-14-16-28-37(35)44)45-29-38(47-42)30-17-5-1-6-18-30/h1-29,40H. The zero-order chi connectivity index (χ0) is 32.6. The molecule has 6 heteroatoms. The van der Waals surface area contributed by atoms with Crippen molar-refractivity contribution in [3.8, 4) is 0 Å². The predicted molar refractivity (Wildman–Crippen MR) is 197 cm³/mol. The van der Waals surface area contributed by atoms with Gasteiger partial charge in [-0.3, -0.25) is 4.99 Å². The van der Waals surface area contributed by atoms with E-state index in [1.165, 1.54) is 0 Å². The Hall–Kier alpha value is -5.13. The molecule has 0 saturated carbocycles. The average Bonchev–Trinajstić information content (AvgIpc) is 3.75. The van der Waals surface area contributed by atoms with Gasteiger partial charge in [-0.15, -0.1) is 0 Å². The lowest BCUT2D eigenvalue weighted by molar-refractivity contribution is 0.0132. The van der Waals surface area contributed by atoms with Gasteiger partial charge >= 0.3 is 0 Å². The molecule has 0 amide bonds. The highest BCUT2D eigenvalue weighted by molar-refractivity contribution is 6.39. The number of benzene rings is 6. The number of aliphatic imine (C=N–C) groups is 3. The predicted octanol–water partition coefficient (Wildman–Crippen LogP) is 10.1. The van der Waals surface area contributed by atoms with E-state index in [1.54, 1.807) is 0 Å². The van der Waals surface area contributed by atoms with Crippen molar-refractivity contribution in [2.75, 3.05) is 0 Å². The molecule has 0 fully saturated rings. The number of nitrogens with zero attached hydrogens (tertiary/aromatic N) is 4. The maximum absolute atomic E-state index is 7.20. The molecule has 0 radical (unpaired) electrons. The molecule has 4 nitrogen and oxygen atoms in total. The molecule has 0 aliphatic carbocycles. The van der Waals surface area contributed by atoms with Crippen molar-refractivity contribution >= 4 is 40.8 Å². The van der Waals surface area contributed by atoms with Gasteiger partial charge in [0.1, 0.15) is 11.7 Å². The largest absolute Gasteiger partial charge is 0.262 e. The Morgan fingerprint density at radius 1 is 0.521 bits per heavy atom. The summed E-state index contributed by atoms with van der Waals surface area (Å²) >= 11 is 14.3. The van der Waals surface area contributed by atoms with E-state index in [0.29, 0.717) is 10.0 Å². The molecule has 0 bridgehead atoms. The first-order valence-corrected chi connectivity index (χ1v) is 16.6. The van der Waals surface area contributed by atoms with Gasteiger partial charge in [0.15, 0.2) is 0 Å². The molecule has 6 aromatic carbocycles.